The van der Waals surface area contributed by atoms with Crippen LogP contribution in [0, 0.1) is 34.5 Å². The fourth-order valence-electron chi connectivity index (χ4n) is 7.95. The Labute approximate surface area is 175 Å². The lowest BCUT2D eigenvalue weighted by Crippen LogP contribution is -2.52. The number of nitrogens with one attached hydrogen (secondary N) is 1. The smallest absolute Gasteiger partial charge is 0.267 e. The Kier molecular flexibility index (Phi) is 4.79. The zero-order chi connectivity index (χ0) is 20.1. The van der Waals surface area contributed by atoms with Crippen LogP contribution in [0.5, 0.6) is 0 Å². The van der Waals surface area contributed by atoms with Crippen molar-refractivity contribution in [3.63, 3.8) is 0 Å². The van der Waals surface area contributed by atoms with Gasteiger partial charge >= 0.3 is 0 Å². The molecule has 0 aliphatic heterocycles. The van der Waals surface area contributed by atoms with Gasteiger partial charge < -0.3 is 0 Å². The molecule has 4 heteroatoms. The topological polar surface area (TPSA) is 54.4 Å². The summed E-state index contributed by atoms with van der Waals surface area (Å²) in [4.78, 5) is 16.4. The highest BCUT2D eigenvalue weighted by Crippen LogP contribution is 2.65. The number of hydrazone groups is 1. The van der Waals surface area contributed by atoms with Crippen LogP contribution < -0.4 is 5.43 Å². The van der Waals surface area contributed by atoms with Crippen molar-refractivity contribution in [3.8, 4) is 0 Å². The van der Waals surface area contributed by atoms with E-state index in [0.717, 1.165) is 30.1 Å². The highest BCUT2D eigenvalue weighted by atomic mass is 16.2. The molecule has 5 rings (SSSR count). The van der Waals surface area contributed by atoms with Crippen molar-refractivity contribution < 1.29 is 4.79 Å². The van der Waals surface area contributed by atoms with Crippen LogP contribution in [0.1, 0.15) is 88.4 Å². The lowest BCUT2D eigenvalue weighted by molar-refractivity contribution is -0.0936. The average Bonchev–Trinajstić information content (AvgIpc) is 3.08. The lowest BCUT2D eigenvalue weighted by Gasteiger charge is -2.59. The minimum Gasteiger partial charge on any atom is -0.267 e. The van der Waals surface area contributed by atoms with Gasteiger partial charge in [-0.1, -0.05) is 26.7 Å². The zero-order valence-corrected chi connectivity index (χ0v) is 18.0. The molecule has 4 aliphatic carbocycles. The third-order valence-corrected chi connectivity index (χ3v) is 9.56. The minimum absolute atomic E-state index is 0.129. The molecular formula is C25H35N3O. The summed E-state index contributed by atoms with van der Waals surface area (Å²) in [5, 5.41) is 4.69. The molecule has 1 heterocycles. The van der Waals surface area contributed by atoms with Gasteiger partial charge in [-0.2, -0.15) is 5.10 Å². The standard InChI is InChI=1S/C25H35N3O/c1-24-13-4-3-5-18(24)6-7-19-20-8-9-22(25(20,2)14-10-21(19)24)27-28-23(29)17-11-15-26-16-12-17/h11-12,15-16,18-21H,3-10,13-14H2,1-2H3,(H,28,29)/b27-22-/t18-,19+,20+,21+,24+,25+/m1/s1. The molecule has 0 unspecified atom stereocenters. The molecule has 0 bridgehead atoms. The van der Waals surface area contributed by atoms with E-state index >= 15 is 0 Å². The van der Waals surface area contributed by atoms with Crippen LogP contribution in [0.2, 0.25) is 0 Å². The maximum atomic E-state index is 12.4. The third kappa shape index (κ3) is 3.05. The quantitative estimate of drug-likeness (QED) is 0.665. The Balaban J connectivity index is 1.34. The molecule has 4 saturated carbocycles. The molecule has 4 fully saturated rings. The lowest BCUT2D eigenvalue weighted by atomic mass is 9.45. The maximum Gasteiger partial charge on any atom is 0.271 e. The first-order chi connectivity index (χ1) is 14.0. The van der Waals surface area contributed by atoms with E-state index in [-0.39, 0.29) is 11.3 Å². The van der Waals surface area contributed by atoms with Gasteiger partial charge in [-0.15, -0.1) is 0 Å². The van der Waals surface area contributed by atoms with E-state index in [9.17, 15) is 4.79 Å². The van der Waals surface area contributed by atoms with E-state index in [1.54, 1.807) is 24.5 Å². The van der Waals surface area contributed by atoms with Crippen LogP contribution in [0.3, 0.4) is 0 Å². The number of aromatic nitrogens is 1. The molecule has 1 amide bonds. The summed E-state index contributed by atoms with van der Waals surface area (Å²) in [5.41, 5.74) is 5.45. The normalized spacial score (nSPS) is 42.6. The number of nitrogens with zero attached hydrogens (tertiary/aromatic N) is 2. The molecule has 4 aliphatic rings. The zero-order valence-electron chi connectivity index (χ0n) is 18.0. The second-order valence-corrected chi connectivity index (χ2v) is 10.6. The Hall–Kier alpha value is -1.71. The van der Waals surface area contributed by atoms with Gasteiger partial charge in [0.25, 0.3) is 5.91 Å². The molecule has 1 aromatic heterocycles. The second-order valence-electron chi connectivity index (χ2n) is 10.6. The van der Waals surface area contributed by atoms with Gasteiger partial charge in [0.2, 0.25) is 0 Å². The highest BCUT2D eigenvalue weighted by molar-refractivity contribution is 5.97. The number of amides is 1. The number of hydrogen-bond acceptors (Lipinski definition) is 3. The van der Waals surface area contributed by atoms with E-state index in [0.29, 0.717) is 11.0 Å². The molecule has 29 heavy (non-hydrogen) atoms. The van der Waals surface area contributed by atoms with Crippen LogP contribution in [0.4, 0.5) is 0 Å². The van der Waals surface area contributed by atoms with Gasteiger partial charge in [0, 0.05) is 29.1 Å². The van der Waals surface area contributed by atoms with E-state index in [2.05, 4.69) is 29.4 Å². The molecular weight excluding hydrogens is 358 g/mol. The van der Waals surface area contributed by atoms with E-state index < -0.39 is 0 Å². The van der Waals surface area contributed by atoms with Gasteiger partial charge in [-0.3, -0.25) is 9.78 Å². The number of hydrogen-bond donors (Lipinski definition) is 1. The van der Waals surface area contributed by atoms with E-state index in [4.69, 9.17) is 0 Å². The van der Waals surface area contributed by atoms with Crippen molar-refractivity contribution in [1.29, 1.82) is 0 Å². The molecule has 0 aromatic carbocycles. The van der Waals surface area contributed by atoms with Gasteiger partial charge in [0.1, 0.15) is 0 Å². The second kappa shape index (κ2) is 7.21. The Morgan fingerprint density at radius 1 is 1.03 bits per heavy atom. The van der Waals surface area contributed by atoms with Crippen LogP contribution >= 0.6 is 0 Å². The number of fused-ring (bicyclic) bond motifs is 5. The number of pyridine rings is 1. The number of rotatable bonds is 2. The van der Waals surface area contributed by atoms with Crippen molar-refractivity contribution in [3.05, 3.63) is 30.1 Å². The van der Waals surface area contributed by atoms with Crippen LogP contribution in [-0.4, -0.2) is 16.6 Å². The van der Waals surface area contributed by atoms with Gasteiger partial charge in [0.15, 0.2) is 0 Å². The van der Waals surface area contributed by atoms with Gasteiger partial charge in [-0.25, -0.2) is 5.43 Å². The fraction of sp³-hybridized carbons (Fsp3) is 0.720. The summed E-state index contributed by atoms with van der Waals surface area (Å²) in [6.45, 7) is 5.07. The predicted octanol–water partition coefficient (Wildman–Crippen LogP) is 5.60. The SMILES string of the molecule is C[C@]12CCCC[C@@H]1CC[C@@H]1[C@@H]2CC[C@]2(C)/C(=N\NC(=O)c3ccncc3)CC[C@@H]12. The number of carbonyl (C=O) groups excluding carboxylic acids is 1. The Morgan fingerprint density at radius 2 is 1.86 bits per heavy atom. The molecule has 0 spiro atoms. The summed E-state index contributed by atoms with van der Waals surface area (Å²) in [7, 11) is 0. The first-order valence-electron chi connectivity index (χ1n) is 11.8. The van der Waals surface area contributed by atoms with Crippen molar-refractivity contribution in [1.82, 2.24) is 10.4 Å². The fourth-order valence-corrected chi connectivity index (χ4v) is 7.95. The number of carbonyl (C=O) groups is 1. The summed E-state index contributed by atoms with van der Waals surface area (Å²) in [6, 6.07) is 3.48. The molecule has 6 atom stereocenters. The monoisotopic (exact) mass is 393 g/mol. The molecule has 1 aromatic rings. The van der Waals surface area contributed by atoms with Crippen molar-refractivity contribution in [2.75, 3.05) is 0 Å². The van der Waals surface area contributed by atoms with E-state index in [1.807, 2.05) is 0 Å². The Morgan fingerprint density at radius 3 is 2.69 bits per heavy atom. The molecule has 156 valence electrons. The van der Waals surface area contributed by atoms with Crippen molar-refractivity contribution >= 4 is 11.6 Å². The summed E-state index contributed by atoms with van der Waals surface area (Å²) < 4.78 is 0. The van der Waals surface area contributed by atoms with Crippen molar-refractivity contribution in [2.45, 2.75) is 78.1 Å². The summed E-state index contributed by atoms with van der Waals surface area (Å²) in [5.74, 6) is 3.35. The maximum absolute atomic E-state index is 12.4. The first kappa shape index (κ1) is 19.3. The third-order valence-electron chi connectivity index (χ3n) is 9.56. The van der Waals surface area contributed by atoms with Crippen molar-refractivity contribution in [2.24, 2.45) is 39.6 Å². The Bertz CT molecular complexity index is 806. The largest absolute Gasteiger partial charge is 0.271 e. The average molecular weight is 394 g/mol. The molecule has 0 saturated heterocycles. The molecule has 1 N–H and O–H groups in total. The molecule has 0 radical (unpaired) electrons. The predicted molar refractivity (Wildman–Crippen MR) is 115 cm³/mol. The van der Waals surface area contributed by atoms with E-state index in [1.165, 1.54) is 63.5 Å². The summed E-state index contributed by atoms with van der Waals surface area (Å²) >= 11 is 0. The highest BCUT2D eigenvalue weighted by Gasteiger charge is 2.58. The minimum atomic E-state index is -0.129. The van der Waals surface area contributed by atoms with Crippen LogP contribution in [0.25, 0.3) is 0 Å². The summed E-state index contributed by atoms with van der Waals surface area (Å²) in [6.07, 6.45) is 16.9. The molecule has 4 nitrogen and oxygen atoms in total. The van der Waals surface area contributed by atoms with Crippen LogP contribution in [0.15, 0.2) is 29.6 Å². The van der Waals surface area contributed by atoms with Gasteiger partial charge in [-0.05, 0) is 92.6 Å². The van der Waals surface area contributed by atoms with Gasteiger partial charge in [0.05, 0.1) is 0 Å². The first-order valence-corrected chi connectivity index (χ1v) is 11.8. The van der Waals surface area contributed by atoms with Crippen LogP contribution in [-0.2, 0) is 0 Å².